The summed E-state index contributed by atoms with van der Waals surface area (Å²) < 4.78 is 21.6. The summed E-state index contributed by atoms with van der Waals surface area (Å²) in [6, 6.07) is 0. The number of epoxide rings is 2. The summed E-state index contributed by atoms with van der Waals surface area (Å²) in [7, 11) is 0. The van der Waals surface area contributed by atoms with Gasteiger partial charge >= 0.3 is 11.9 Å². The Balaban J connectivity index is 1.05. The summed E-state index contributed by atoms with van der Waals surface area (Å²) in [5, 5.41) is 0. The highest BCUT2D eigenvalue weighted by Crippen LogP contribution is 2.44. The lowest BCUT2D eigenvalue weighted by atomic mass is 9.82. The van der Waals surface area contributed by atoms with E-state index in [2.05, 4.69) is 0 Å². The van der Waals surface area contributed by atoms with Gasteiger partial charge in [0.15, 0.2) is 0 Å². The molecule has 6 nitrogen and oxygen atoms in total. The van der Waals surface area contributed by atoms with Crippen LogP contribution >= 0.6 is 0 Å². The molecule has 2 saturated heterocycles. The first-order valence-corrected chi connectivity index (χ1v) is 9.71. The first-order valence-electron chi connectivity index (χ1n) is 9.71. The molecule has 0 aromatic rings. The number of ether oxygens (including phenoxy) is 4. The molecule has 0 unspecified atom stereocenters. The summed E-state index contributed by atoms with van der Waals surface area (Å²) in [4.78, 5) is 24.1. The van der Waals surface area contributed by atoms with E-state index in [4.69, 9.17) is 18.9 Å². The van der Waals surface area contributed by atoms with E-state index in [-0.39, 0.29) is 35.0 Å². The zero-order valence-corrected chi connectivity index (χ0v) is 14.8. The number of hydrogen-bond acceptors (Lipinski definition) is 6. The molecule has 25 heavy (non-hydrogen) atoms. The molecule has 2 spiro atoms. The molecule has 2 aliphatic carbocycles. The number of carbonyl (C=O) groups is 2. The smallest absolute Gasteiger partial charge is 0.308 e. The van der Waals surface area contributed by atoms with E-state index in [0.717, 1.165) is 64.6 Å². The van der Waals surface area contributed by atoms with Crippen molar-refractivity contribution < 1.29 is 28.5 Å². The van der Waals surface area contributed by atoms with Gasteiger partial charge in [-0.3, -0.25) is 9.59 Å². The Morgan fingerprint density at radius 2 is 1.12 bits per heavy atom. The number of rotatable bonds is 6. The van der Waals surface area contributed by atoms with Crippen molar-refractivity contribution >= 4 is 11.9 Å². The van der Waals surface area contributed by atoms with Crippen LogP contribution in [0.5, 0.6) is 0 Å². The third-order valence-corrected chi connectivity index (χ3v) is 6.34. The molecule has 0 radical (unpaired) electrons. The van der Waals surface area contributed by atoms with Crippen LogP contribution in [0, 0.1) is 11.8 Å². The average molecular weight is 352 g/mol. The standard InChI is InChI=1S/C19H28O6/c20-16(14-2-6-18(7-3-14)12-24-18)22-10-1-11-23-17(21)15-4-8-19(9-5-15)13-25-19/h14-15H,1-13H2. The van der Waals surface area contributed by atoms with Gasteiger partial charge in [-0.25, -0.2) is 0 Å². The summed E-state index contributed by atoms with van der Waals surface area (Å²) in [5.41, 5.74) is 0.213. The van der Waals surface area contributed by atoms with Gasteiger partial charge in [0.05, 0.1) is 49.5 Å². The summed E-state index contributed by atoms with van der Waals surface area (Å²) in [6.45, 7) is 2.36. The minimum absolute atomic E-state index is 0.0107. The minimum Gasteiger partial charge on any atom is -0.465 e. The predicted octanol–water partition coefficient (Wildman–Crippen LogP) is 2.38. The average Bonchev–Trinajstić information content (AvgIpc) is 3.55. The number of esters is 2. The van der Waals surface area contributed by atoms with Crippen LogP contribution in [0.4, 0.5) is 0 Å². The van der Waals surface area contributed by atoms with Gasteiger partial charge < -0.3 is 18.9 Å². The molecule has 6 heteroatoms. The maximum atomic E-state index is 12.1. The predicted molar refractivity (Wildman–Crippen MR) is 87.8 cm³/mol. The highest BCUT2D eigenvalue weighted by Gasteiger charge is 2.49. The van der Waals surface area contributed by atoms with Crippen LogP contribution < -0.4 is 0 Å². The fourth-order valence-corrected chi connectivity index (χ4v) is 4.18. The molecule has 0 aromatic heterocycles. The van der Waals surface area contributed by atoms with Gasteiger partial charge in [-0.05, 0) is 51.4 Å². The minimum atomic E-state index is -0.108. The van der Waals surface area contributed by atoms with Crippen molar-refractivity contribution in [2.75, 3.05) is 26.4 Å². The summed E-state index contributed by atoms with van der Waals surface area (Å²) in [6.07, 6.45) is 7.90. The largest absolute Gasteiger partial charge is 0.465 e. The van der Waals surface area contributed by atoms with Crippen molar-refractivity contribution in [3.63, 3.8) is 0 Å². The van der Waals surface area contributed by atoms with Crippen molar-refractivity contribution in [3.8, 4) is 0 Å². The molecular weight excluding hydrogens is 324 g/mol. The molecule has 140 valence electrons. The first-order chi connectivity index (χ1) is 12.1. The molecule has 0 atom stereocenters. The van der Waals surface area contributed by atoms with Gasteiger partial charge in [-0.2, -0.15) is 0 Å². The Hall–Kier alpha value is -1.14. The molecular formula is C19H28O6. The molecule has 4 rings (SSSR count). The molecule has 4 aliphatic rings. The second-order valence-corrected chi connectivity index (χ2v) is 8.18. The Labute approximate surface area is 148 Å². The van der Waals surface area contributed by atoms with Crippen LogP contribution in [0.25, 0.3) is 0 Å². The Morgan fingerprint density at radius 1 is 0.760 bits per heavy atom. The maximum absolute atomic E-state index is 12.1. The monoisotopic (exact) mass is 352 g/mol. The van der Waals surface area contributed by atoms with E-state index in [1.165, 1.54) is 0 Å². The zero-order chi connectivity index (χ0) is 17.3. The van der Waals surface area contributed by atoms with Gasteiger partial charge in [0.2, 0.25) is 0 Å². The highest BCUT2D eigenvalue weighted by atomic mass is 16.6. The van der Waals surface area contributed by atoms with Crippen molar-refractivity contribution in [3.05, 3.63) is 0 Å². The Morgan fingerprint density at radius 3 is 1.44 bits per heavy atom. The van der Waals surface area contributed by atoms with Gasteiger partial charge in [0.25, 0.3) is 0 Å². The van der Waals surface area contributed by atoms with Crippen molar-refractivity contribution in [2.24, 2.45) is 11.8 Å². The van der Waals surface area contributed by atoms with Gasteiger partial charge in [-0.1, -0.05) is 0 Å². The molecule has 0 N–H and O–H groups in total. The quantitative estimate of drug-likeness (QED) is 0.415. The molecule has 2 heterocycles. The third-order valence-electron chi connectivity index (χ3n) is 6.34. The first kappa shape index (κ1) is 17.3. The van der Waals surface area contributed by atoms with E-state index < -0.39 is 0 Å². The second-order valence-electron chi connectivity index (χ2n) is 8.18. The van der Waals surface area contributed by atoms with Crippen LogP contribution in [-0.4, -0.2) is 49.6 Å². The van der Waals surface area contributed by atoms with Crippen LogP contribution in [-0.2, 0) is 28.5 Å². The van der Waals surface area contributed by atoms with Crippen molar-refractivity contribution in [1.82, 2.24) is 0 Å². The van der Waals surface area contributed by atoms with Gasteiger partial charge in [0, 0.05) is 6.42 Å². The fraction of sp³-hybridized carbons (Fsp3) is 0.895. The lowest BCUT2D eigenvalue weighted by Crippen LogP contribution is -2.29. The van der Waals surface area contributed by atoms with Crippen LogP contribution in [0.1, 0.15) is 57.8 Å². The van der Waals surface area contributed by atoms with Crippen molar-refractivity contribution in [1.29, 1.82) is 0 Å². The molecule has 2 aliphatic heterocycles. The SMILES string of the molecule is O=C(OCCCOC(=O)C1CCC2(CC1)CO2)C1CCC2(CC1)CO2. The van der Waals surface area contributed by atoms with Crippen LogP contribution in [0.15, 0.2) is 0 Å². The molecule has 2 saturated carbocycles. The normalized spacial score (nSPS) is 39.2. The van der Waals surface area contributed by atoms with Gasteiger partial charge in [0.1, 0.15) is 0 Å². The molecule has 0 aromatic carbocycles. The third kappa shape index (κ3) is 4.17. The Bertz CT molecular complexity index is 456. The van der Waals surface area contributed by atoms with Gasteiger partial charge in [-0.15, -0.1) is 0 Å². The lowest BCUT2D eigenvalue weighted by Gasteiger charge is -2.25. The Kier molecular flexibility index (Phi) is 4.75. The maximum Gasteiger partial charge on any atom is 0.308 e. The number of carbonyl (C=O) groups excluding carboxylic acids is 2. The van der Waals surface area contributed by atoms with E-state index in [1.54, 1.807) is 0 Å². The fourth-order valence-electron chi connectivity index (χ4n) is 4.18. The topological polar surface area (TPSA) is 77.7 Å². The van der Waals surface area contributed by atoms with Crippen molar-refractivity contribution in [2.45, 2.75) is 69.0 Å². The zero-order valence-electron chi connectivity index (χ0n) is 14.8. The van der Waals surface area contributed by atoms with E-state index in [1.807, 2.05) is 0 Å². The molecule has 4 fully saturated rings. The van der Waals surface area contributed by atoms with E-state index in [0.29, 0.717) is 19.6 Å². The van der Waals surface area contributed by atoms with E-state index >= 15 is 0 Å². The summed E-state index contributed by atoms with van der Waals surface area (Å²) >= 11 is 0. The van der Waals surface area contributed by atoms with Crippen LogP contribution in [0.3, 0.4) is 0 Å². The summed E-state index contributed by atoms with van der Waals surface area (Å²) in [5.74, 6) is -0.194. The lowest BCUT2D eigenvalue weighted by molar-refractivity contribution is -0.152. The molecule has 0 amide bonds. The number of hydrogen-bond donors (Lipinski definition) is 0. The highest BCUT2D eigenvalue weighted by molar-refractivity contribution is 5.73. The molecule has 0 bridgehead atoms. The van der Waals surface area contributed by atoms with E-state index in [9.17, 15) is 9.59 Å². The second kappa shape index (κ2) is 6.88. The van der Waals surface area contributed by atoms with Crippen LogP contribution in [0.2, 0.25) is 0 Å².